The molecular formula is C26H26FN3O2. The maximum atomic E-state index is 13.8. The van der Waals surface area contributed by atoms with Crippen molar-refractivity contribution in [2.75, 3.05) is 23.7 Å². The molecule has 6 heteroatoms. The molecule has 3 amide bonds. The number of rotatable bonds is 4. The van der Waals surface area contributed by atoms with E-state index in [2.05, 4.69) is 10.6 Å². The molecule has 1 heterocycles. The van der Waals surface area contributed by atoms with Gasteiger partial charge in [0.15, 0.2) is 0 Å². The molecule has 0 aliphatic carbocycles. The number of carbonyl (C=O) groups is 2. The summed E-state index contributed by atoms with van der Waals surface area (Å²) < 4.78 is 13.8. The Labute approximate surface area is 187 Å². The number of hydrogen-bond donors (Lipinski definition) is 2. The first-order chi connectivity index (χ1) is 15.5. The topological polar surface area (TPSA) is 61.4 Å². The van der Waals surface area contributed by atoms with Gasteiger partial charge in [0.1, 0.15) is 5.82 Å². The van der Waals surface area contributed by atoms with Gasteiger partial charge in [0.05, 0.1) is 5.92 Å². The molecule has 1 aliphatic heterocycles. The van der Waals surface area contributed by atoms with E-state index >= 15 is 0 Å². The minimum Gasteiger partial charge on any atom is -0.326 e. The molecule has 2 N–H and O–H groups in total. The fraction of sp³-hybridized carbons (Fsp3) is 0.231. The number of benzene rings is 3. The Bertz CT molecular complexity index is 1030. The molecule has 0 bridgehead atoms. The number of likely N-dealkylation sites (tertiary alicyclic amines) is 1. The molecule has 0 saturated carbocycles. The van der Waals surface area contributed by atoms with Gasteiger partial charge in [-0.1, -0.05) is 48.5 Å². The van der Waals surface area contributed by atoms with Crippen molar-refractivity contribution >= 4 is 23.3 Å². The third-order valence-electron chi connectivity index (χ3n) is 5.83. The molecule has 164 valence electrons. The Hall–Kier alpha value is -3.67. The summed E-state index contributed by atoms with van der Waals surface area (Å²) in [6, 6.07) is 23.3. The molecule has 0 aromatic heterocycles. The van der Waals surface area contributed by atoms with Gasteiger partial charge in [0.25, 0.3) is 0 Å². The number of urea groups is 1. The summed E-state index contributed by atoms with van der Waals surface area (Å²) in [6.45, 7) is 2.49. The van der Waals surface area contributed by atoms with E-state index in [9.17, 15) is 14.0 Å². The van der Waals surface area contributed by atoms with Crippen LogP contribution >= 0.6 is 0 Å². The number of carbonyl (C=O) groups excluding carboxylic acids is 2. The van der Waals surface area contributed by atoms with E-state index in [0.717, 1.165) is 11.3 Å². The molecule has 1 aliphatic rings. The van der Waals surface area contributed by atoms with Crippen LogP contribution in [0.3, 0.4) is 0 Å². The molecule has 0 spiro atoms. The fourth-order valence-electron chi connectivity index (χ4n) is 4.11. The smallest absolute Gasteiger partial charge is 0.321 e. The molecule has 1 fully saturated rings. The van der Waals surface area contributed by atoms with Crippen LogP contribution in [0.4, 0.5) is 20.6 Å². The van der Waals surface area contributed by atoms with Crippen LogP contribution < -0.4 is 10.6 Å². The van der Waals surface area contributed by atoms with Crippen LogP contribution in [0, 0.1) is 18.7 Å². The highest BCUT2D eigenvalue weighted by molar-refractivity contribution is 5.94. The molecule has 5 nitrogen and oxygen atoms in total. The van der Waals surface area contributed by atoms with E-state index in [1.165, 1.54) is 6.07 Å². The van der Waals surface area contributed by atoms with Crippen LogP contribution in [0.15, 0.2) is 78.9 Å². The van der Waals surface area contributed by atoms with Gasteiger partial charge >= 0.3 is 6.03 Å². The summed E-state index contributed by atoms with van der Waals surface area (Å²) in [5.74, 6) is -0.851. The maximum absolute atomic E-state index is 13.8. The predicted octanol–water partition coefficient (Wildman–Crippen LogP) is 5.41. The Morgan fingerprint density at radius 2 is 1.50 bits per heavy atom. The summed E-state index contributed by atoms with van der Waals surface area (Å²) in [6.07, 6.45) is 0.582. The molecule has 2 atom stereocenters. The standard InChI is InChI=1S/C26H26FN3O2/c1-18-14-19(12-13-24(18)27)20-15-21(25(31)28-22-8-4-2-5-9-22)17-30(16-20)26(32)29-23-10-6-3-7-11-23/h2-14,20-21H,15-17H2,1H3,(H,28,31)(H,29,32). The van der Waals surface area contributed by atoms with Gasteiger partial charge < -0.3 is 15.5 Å². The van der Waals surface area contributed by atoms with Gasteiger partial charge in [-0.3, -0.25) is 4.79 Å². The van der Waals surface area contributed by atoms with E-state index in [1.807, 2.05) is 66.7 Å². The lowest BCUT2D eigenvalue weighted by atomic mass is 9.83. The molecular weight excluding hydrogens is 405 g/mol. The number of para-hydroxylation sites is 2. The van der Waals surface area contributed by atoms with Crippen molar-refractivity contribution in [1.82, 2.24) is 4.90 Å². The fourth-order valence-corrected chi connectivity index (χ4v) is 4.11. The number of hydrogen-bond acceptors (Lipinski definition) is 2. The summed E-state index contributed by atoms with van der Waals surface area (Å²) in [5.41, 5.74) is 2.90. The summed E-state index contributed by atoms with van der Waals surface area (Å²) >= 11 is 0. The number of amides is 3. The summed E-state index contributed by atoms with van der Waals surface area (Å²) in [7, 11) is 0. The molecule has 2 unspecified atom stereocenters. The average molecular weight is 432 g/mol. The van der Waals surface area contributed by atoms with Gasteiger partial charge in [0.2, 0.25) is 5.91 Å². The van der Waals surface area contributed by atoms with Crippen molar-refractivity contribution in [1.29, 1.82) is 0 Å². The van der Waals surface area contributed by atoms with Gasteiger partial charge in [0, 0.05) is 30.4 Å². The van der Waals surface area contributed by atoms with Crippen LogP contribution in [0.25, 0.3) is 0 Å². The quantitative estimate of drug-likeness (QED) is 0.580. The second-order valence-corrected chi connectivity index (χ2v) is 8.19. The molecule has 0 radical (unpaired) electrons. The third-order valence-corrected chi connectivity index (χ3v) is 5.83. The Morgan fingerprint density at radius 1 is 0.875 bits per heavy atom. The number of piperidine rings is 1. The van der Waals surface area contributed by atoms with E-state index in [-0.39, 0.29) is 29.6 Å². The Morgan fingerprint density at radius 3 is 2.12 bits per heavy atom. The van der Waals surface area contributed by atoms with Crippen molar-refractivity contribution in [3.8, 4) is 0 Å². The number of anilines is 2. The highest BCUT2D eigenvalue weighted by Gasteiger charge is 2.35. The Balaban J connectivity index is 1.56. The molecule has 3 aromatic rings. The number of halogens is 1. The highest BCUT2D eigenvalue weighted by Crippen LogP contribution is 2.32. The van der Waals surface area contributed by atoms with E-state index in [1.54, 1.807) is 17.9 Å². The predicted molar refractivity (Wildman–Crippen MR) is 124 cm³/mol. The minimum absolute atomic E-state index is 0.0731. The van der Waals surface area contributed by atoms with Crippen LogP contribution in [0.2, 0.25) is 0 Å². The van der Waals surface area contributed by atoms with Crippen LogP contribution in [0.1, 0.15) is 23.5 Å². The zero-order valence-electron chi connectivity index (χ0n) is 17.9. The molecule has 3 aromatic carbocycles. The van der Waals surface area contributed by atoms with E-state index in [0.29, 0.717) is 30.8 Å². The van der Waals surface area contributed by atoms with Gasteiger partial charge in [-0.2, -0.15) is 0 Å². The van der Waals surface area contributed by atoms with Crippen molar-refractivity contribution in [3.05, 3.63) is 95.8 Å². The van der Waals surface area contributed by atoms with Crippen LogP contribution in [0.5, 0.6) is 0 Å². The SMILES string of the molecule is Cc1cc(C2CC(C(=O)Nc3ccccc3)CN(C(=O)Nc3ccccc3)C2)ccc1F. The lowest BCUT2D eigenvalue weighted by Gasteiger charge is -2.37. The maximum Gasteiger partial charge on any atom is 0.321 e. The van der Waals surface area contributed by atoms with Crippen molar-refractivity contribution < 1.29 is 14.0 Å². The van der Waals surface area contributed by atoms with Gasteiger partial charge in [-0.25, -0.2) is 9.18 Å². The van der Waals surface area contributed by atoms with Crippen molar-refractivity contribution in [2.24, 2.45) is 5.92 Å². The zero-order chi connectivity index (χ0) is 22.5. The zero-order valence-corrected chi connectivity index (χ0v) is 17.9. The second kappa shape index (κ2) is 9.64. The second-order valence-electron chi connectivity index (χ2n) is 8.19. The first-order valence-electron chi connectivity index (χ1n) is 10.7. The van der Waals surface area contributed by atoms with E-state index < -0.39 is 0 Å². The lowest BCUT2D eigenvalue weighted by molar-refractivity contribution is -0.121. The Kier molecular flexibility index (Phi) is 6.50. The largest absolute Gasteiger partial charge is 0.326 e. The molecule has 32 heavy (non-hydrogen) atoms. The molecule has 1 saturated heterocycles. The monoisotopic (exact) mass is 431 g/mol. The molecule has 4 rings (SSSR count). The normalized spacial score (nSPS) is 18.1. The first kappa shape index (κ1) is 21.6. The first-order valence-corrected chi connectivity index (χ1v) is 10.7. The summed E-state index contributed by atoms with van der Waals surface area (Å²) in [4.78, 5) is 27.8. The highest BCUT2D eigenvalue weighted by atomic mass is 19.1. The number of aryl methyl sites for hydroxylation is 1. The lowest BCUT2D eigenvalue weighted by Crippen LogP contribution is -2.48. The van der Waals surface area contributed by atoms with Gasteiger partial charge in [-0.05, 0) is 54.8 Å². The number of nitrogens with zero attached hydrogens (tertiary/aromatic N) is 1. The van der Waals surface area contributed by atoms with Crippen molar-refractivity contribution in [3.63, 3.8) is 0 Å². The van der Waals surface area contributed by atoms with E-state index in [4.69, 9.17) is 0 Å². The number of nitrogens with one attached hydrogen (secondary N) is 2. The third kappa shape index (κ3) is 5.14. The van der Waals surface area contributed by atoms with Crippen LogP contribution in [-0.4, -0.2) is 29.9 Å². The average Bonchev–Trinajstić information content (AvgIpc) is 2.82. The van der Waals surface area contributed by atoms with Crippen LogP contribution in [-0.2, 0) is 4.79 Å². The summed E-state index contributed by atoms with van der Waals surface area (Å²) in [5, 5.41) is 5.86. The van der Waals surface area contributed by atoms with Crippen molar-refractivity contribution in [2.45, 2.75) is 19.3 Å². The van der Waals surface area contributed by atoms with Gasteiger partial charge in [-0.15, -0.1) is 0 Å². The minimum atomic E-state index is -0.388.